The normalized spacial score (nSPS) is 15.5. The summed E-state index contributed by atoms with van der Waals surface area (Å²) in [6, 6.07) is 1.71. The van der Waals surface area contributed by atoms with Crippen LogP contribution in [0.15, 0.2) is 15.3 Å². The van der Waals surface area contributed by atoms with E-state index in [4.69, 9.17) is 5.73 Å². The number of aromatic nitrogens is 1. The fraction of sp³-hybridized carbons (Fsp3) is 0.444. The molecule has 0 bridgehead atoms. The van der Waals surface area contributed by atoms with E-state index in [-0.39, 0.29) is 5.56 Å². The second kappa shape index (κ2) is 3.18. The van der Waals surface area contributed by atoms with Crippen molar-refractivity contribution in [3.63, 3.8) is 0 Å². The van der Waals surface area contributed by atoms with Crippen LogP contribution in [0, 0.1) is 0 Å². The average molecular weight is 243 g/mol. The lowest BCUT2D eigenvalue weighted by atomic mass is 10.1. The van der Waals surface area contributed by atoms with Crippen molar-refractivity contribution in [3.05, 3.63) is 26.6 Å². The van der Waals surface area contributed by atoms with E-state index in [1.165, 1.54) is 0 Å². The van der Waals surface area contributed by atoms with Gasteiger partial charge in [-0.2, -0.15) is 0 Å². The lowest BCUT2D eigenvalue weighted by Gasteiger charge is -2.19. The molecule has 4 heteroatoms. The highest BCUT2D eigenvalue weighted by Crippen LogP contribution is 2.20. The summed E-state index contributed by atoms with van der Waals surface area (Å²) in [5.74, 6) is 0. The fourth-order valence-electron chi connectivity index (χ4n) is 1.77. The molecule has 3 nitrogen and oxygen atoms in total. The SMILES string of the molecule is Nc1cc(Br)c(=O)n2c1CCCC2. The Bertz CT molecular complexity index is 397. The smallest absolute Gasteiger partial charge is 0.265 e. The monoisotopic (exact) mass is 242 g/mol. The van der Waals surface area contributed by atoms with E-state index < -0.39 is 0 Å². The Balaban J connectivity index is 2.70. The number of pyridine rings is 1. The first-order chi connectivity index (χ1) is 6.20. The molecule has 0 spiro atoms. The van der Waals surface area contributed by atoms with Gasteiger partial charge in [-0.3, -0.25) is 4.79 Å². The molecular weight excluding hydrogens is 232 g/mol. The van der Waals surface area contributed by atoms with E-state index in [0.29, 0.717) is 4.47 Å². The maximum atomic E-state index is 11.6. The largest absolute Gasteiger partial charge is 0.397 e. The van der Waals surface area contributed by atoms with Gasteiger partial charge in [-0.1, -0.05) is 0 Å². The summed E-state index contributed by atoms with van der Waals surface area (Å²) in [4.78, 5) is 11.6. The van der Waals surface area contributed by atoms with Crippen molar-refractivity contribution in [2.24, 2.45) is 0 Å². The highest BCUT2D eigenvalue weighted by atomic mass is 79.9. The molecule has 0 saturated carbocycles. The summed E-state index contributed by atoms with van der Waals surface area (Å²) in [6.45, 7) is 0.803. The Morgan fingerprint density at radius 2 is 2.23 bits per heavy atom. The maximum Gasteiger partial charge on any atom is 0.265 e. The van der Waals surface area contributed by atoms with Crippen LogP contribution in [0.5, 0.6) is 0 Å². The number of hydrogen-bond acceptors (Lipinski definition) is 2. The van der Waals surface area contributed by atoms with Crippen LogP contribution < -0.4 is 11.3 Å². The zero-order valence-corrected chi connectivity index (χ0v) is 8.80. The molecule has 0 radical (unpaired) electrons. The van der Waals surface area contributed by atoms with Gasteiger partial charge in [0.2, 0.25) is 0 Å². The number of nitrogens with zero attached hydrogens (tertiary/aromatic N) is 1. The summed E-state index contributed by atoms with van der Waals surface area (Å²) in [5, 5.41) is 0. The third-order valence-electron chi connectivity index (χ3n) is 2.44. The van der Waals surface area contributed by atoms with Crippen molar-refractivity contribution in [3.8, 4) is 0 Å². The number of halogens is 1. The van der Waals surface area contributed by atoms with E-state index in [9.17, 15) is 4.79 Å². The molecule has 2 heterocycles. The van der Waals surface area contributed by atoms with Crippen molar-refractivity contribution in [2.45, 2.75) is 25.8 Å². The van der Waals surface area contributed by atoms with E-state index in [2.05, 4.69) is 15.9 Å². The van der Waals surface area contributed by atoms with Gasteiger partial charge in [0.1, 0.15) is 0 Å². The van der Waals surface area contributed by atoms with Gasteiger partial charge in [0.15, 0.2) is 0 Å². The number of nitrogen functional groups attached to an aromatic ring is 1. The molecule has 0 amide bonds. The summed E-state index contributed by atoms with van der Waals surface area (Å²) in [5.41, 5.74) is 7.59. The lowest BCUT2D eigenvalue weighted by Crippen LogP contribution is -2.28. The molecule has 2 rings (SSSR count). The fourth-order valence-corrected chi connectivity index (χ4v) is 2.23. The highest BCUT2D eigenvalue weighted by molar-refractivity contribution is 9.10. The topological polar surface area (TPSA) is 48.0 Å². The number of nitrogens with two attached hydrogens (primary N) is 1. The second-order valence-corrected chi connectivity index (χ2v) is 4.16. The highest BCUT2D eigenvalue weighted by Gasteiger charge is 2.14. The minimum absolute atomic E-state index is 0.0453. The quantitative estimate of drug-likeness (QED) is 0.751. The zero-order chi connectivity index (χ0) is 9.42. The molecule has 1 aliphatic heterocycles. The third kappa shape index (κ3) is 1.39. The van der Waals surface area contributed by atoms with Crippen molar-refractivity contribution in [1.29, 1.82) is 0 Å². The van der Waals surface area contributed by atoms with Gasteiger partial charge in [-0.15, -0.1) is 0 Å². The van der Waals surface area contributed by atoms with E-state index >= 15 is 0 Å². The van der Waals surface area contributed by atoms with E-state index in [1.54, 1.807) is 10.6 Å². The van der Waals surface area contributed by atoms with Gasteiger partial charge < -0.3 is 10.3 Å². The molecule has 13 heavy (non-hydrogen) atoms. The first kappa shape index (κ1) is 8.81. The predicted molar refractivity (Wildman–Crippen MR) is 55.8 cm³/mol. The first-order valence-corrected chi connectivity index (χ1v) is 5.17. The molecule has 1 aromatic rings. The van der Waals surface area contributed by atoms with E-state index in [1.807, 2.05) is 0 Å². The number of fused-ring (bicyclic) bond motifs is 1. The first-order valence-electron chi connectivity index (χ1n) is 4.38. The van der Waals surface area contributed by atoms with E-state index in [0.717, 1.165) is 37.2 Å². The van der Waals surface area contributed by atoms with Gasteiger partial charge in [0.25, 0.3) is 5.56 Å². The molecule has 0 aromatic carbocycles. The molecule has 70 valence electrons. The Morgan fingerprint density at radius 1 is 1.46 bits per heavy atom. The minimum Gasteiger partial charge on any atom is -0.397 e. The predicted octanol–water partition coefficient (Wildman–Crippen LogP) is 1.53. The Labute approximate surface area is 84.7 Å². The number of anilines is 1. The third-order valence-corrected chi connectivity index (χ3v) is 3.00. The summed E-state index contributed by atoms with van der Waals surface area (Å²) in [7, 11) is 0. The van der Waals surface area contributed by atoms with Crippen molar-refractivity contribution in [1.82, 2.24) is 4.57 Å². The van der Waals surface area contributed by atoms with Gasteiger partial charge in [0.05, 0.1) is 10.2 Å². The molecule has 0 aliphatic carbocycles. The lowest BCUT2D eigenvalue weighted by molar-refractivity contribution is 0.514. The van der Waals surface area contributed by atoms with Crippen LogP contribution in [-0.2, 0) is 13.0 Å². The zero-order valence-electron chi connectivity index (χ0n) is 7.22. The van der Waals surface area contributed by atoms with Crippen LogP contribution >= 0.6 is 15.9 Å². The van der Waals surface area contributed by atoms with Gasteiger partial charge in [-0.25, -0.2) is 0 Å². The summed E-state index contributed by atoms with van der Waals surface area (Å²) in [6.07, 6.45) is 3.13. The molecule has 0 unspecified atom stereocenters. The van der Waals surface area contributed by atoms with Crippen LogP contribution in [0.4, 0.5) is 5.69 Å². The van der Waals surface area contributed by atoms with Crippen LogP contribution in [0.25, 0.3) is 0 Å². The van der Waals surface area contributed by atoms with Crippen molar-refractivity contribution < 1.29 is 0 Å². The molecule has 2 N–H and O–H groups in total. The van der Waals surface area contributed by atoms with Gasteiger partial charge in [-0.05, 0) is 41.3 Å². The molecule has 0 atom stereocenters. The molecule has 0 fully saturated rings. The summed E-state index contributed by atoms with van der Waals surface area (Å²) >= 11 is 3.21. The van der Waals surface area contributed by atoms with Crippen LogP contribution in [0.3, 0.4) is 0 Å². The van der Waals surface area contributed by atoms with Crippen LogP contribution in [-0.4, -0.2) is 4.57 Å². The number of rotatable bonds is 0. The molecule has 1 aliphatic rings. The Hall–Kier alpha value is -0.770. The standard InChI is InChI=1S/C9H11BrN2O/c10-6-5-7(11)8-3-1-2-4-12(8)9(6)13/h5H,1-4,11H2. The van der Waals surface area contributed by atoms with Gasteiger partial charge >= 0.3 is 0 Å². The molecule has 0 saturated heterocycles. The maximum absolute atomic E-state index is 11.6. The summed E-state index contributed by atoms with van der Waals surface area (Å²) < 4.78 is 2.35. The Morgan fingerprint density at radius 3 is 3.00 bits per heavy atom. The number of hydrogen-bond donors (Lipinski definition) is 1. The second-order valence-electron chi connectivity index (χ2n) is 3.31. The van der Waals surface area contributed by atoms with Crippen molar-refractivity contribution >= 4 is 21.6 Å². The minimum atomic E-state index is 0.0453. The van der Waals surface area contributed by atoms with Crippen LogP contribution in [0.2, 0.25) is 0 Å². The van der Waals surface area contributed by atoms with Crippen LogP contribution in [0.1, 0.15) is 18.5 Å². The molecular formula is C9H11BrN2O. The Kier molecular flexibility index (Phi) is 2.15. The average Bonchev–Trinajstić information content (AvgIpc) is 2.15. The van der Waals surface area contributed by atoms with Gasteiger partial charge in [0, 0.05) is 12.2 Å². The molecule has 1 aromatic heterocycles. The van der Waals surface area contributed by atoms with Crippen molar-refractivity contribution in [2.75, 3.05) is 5.73 Å².